The lowest BCUT2D eigenvalue weighted by molar-refractivity contribution is 0.568. The van der Waals surface area contributed by atoms with Crippen molar-refractivity contribution in [3.8, 4) is 11.3 Å². The van der Waals surface area contributed by atoms with Crippen LogP contribution in [-0.4, -0.2) is 15.9 Å². The zero-order valence-corrected chi connectivity index (χ0v) is 15.9. The molecule has 3 aromatic heterocycles. The summed E-state index contributed by atoms with van der Waals surface area (Å²) in [5.74, 6) is 1.06. The molecule has 0 radical (unpaired) electrons. The number of halogens is 1. The van der Waals surface area contributed by atoms with Crippen LogP contribution in [0.25, 0.3) is 16.9 Å². The van der Waals surface area contributed by atoms with E-state index >= 15 is 0 Å². The van der Waals surface area contributed by atoms with Crippen molar-refractivity contribution < 1.29 is 4.42 Å². The van der Waals surface area contributed by atoms with Crippen molar-refractivity contribution in [3.63, 3.8) is 0 Å². The molecule has 0 aliphatic carbocycles. The lowest BCUT2D eigenvalue weighted by Gasteiger charge is -2.08. The van der Waals surface area contributed by atoms with Gasteiger partial charge in [-0.1, -0.05) is 45.1 Å². The third-order valence-corrected chi connectivity index (χ3v) is 4.38. The lowest BCUT2D eigenvalue weighted by Crippen LogP contribution is -2.05. The number of fused-ring (bicyclic) bond motifs is 1. The van der Waals surface area contributed by atoms with E-state index in [1.807, 2.05) is 6.07 Å². The Kier molecular flexibility index (Phi) is 7.38. The van der Waals surface area contributed by atoms with E-state index in [1.54, 1.807) is 12.5 Å². The highest BCUT2D eigenvalue weighted by Crippen LogP contribution is 2.29. The molecule has 0 amide bonds. The molecule has 3 aromatic rings. The fourth-order valence-electron chi connectivity index (χ4n) is 3.03. The molecule has 0 fully saturated rings. The minimum atomic E-state index is 0. The average Bonchev–Trinajstić information content (AvgIpc) is 3.22. The molecule has 136 valence electrons. The maximum atomic E-state index is 5.25. The monoisotopic (exact) mass is 361 g/mol. The van der Waals surface area contributed by atoms with Gasteiger partial charge in [-0.05, 0) is 31.0 Å². The predicted octanol–water partition coefficient (Wildman–Crippen LogP) is 6.10. The van der Waals surface area contributed by atoms with Gasteiger partial charge in [0.15, 0.2) is 0 Å². The van der Waals surface area contributed by atoms with Gasteiger partial charge in [0, 0.05) is 18.3 Å². The highest BCUT2D eigenvalue weighted by molar-refractivity contribution is 5.85. The van der Waals surface area contributed by atoms with Crippen molar-refractivity contribution >= 4 is 23.9 Å². The van der Waals surface area contributed by atoms with E-state index in [4.69, 9.17) is 9.40 Å². The van der Waals surface area contributed by atoms with E-state index < -0.39 is 0 Å². The Labute approximate surface area is 156 Å². The van der Waals surface area contributed by atoms with Crippen LogP contribution in [0.1, 0.15) is 51.0 Å². The first kappa shape index (κ1) is 19.4. The number of unbranched alkanes of at least 4 members (excludes halogenated alkanes) is 5. The van der Waals surface area contributed by atoms with E-state index in [1.165, 1.54) is 44.1 Å². The van der Waals surface area contributed by atoms with Crippen LogP contribution in [0.15, 0.2) is 41.3 Å². The van der Waals surface area contributed by atoms with Crippen molar-refractivity contribution in [1.29, 1.82) is 0 Å². The van der Waals surface area contributed by atoms with Crippen LogP contribution in [0.4, 0.5) is 5.82 Å². The molecule has 25 heavy (non-hydrogen) atoms. The topological polar surface area (TPSA) is 42.5 Å². The van der Waals surface area contributed by atoms with Gasteiger partial charge < -0.3 is 9.73 Å². The van der Waals surface area contributed by atoms with Crippen LogP contribution in [0, 0.1) is 6.92 Å². The van der Waals surface area contributed by atoms with Gasteiger partial charge in [0.25, 0.3) is 0 Å². The van der Waals surface area contributed by atoms with E-state index in [2.05, 4.69) is 41.9 Å². The molecular weight excluding hydrogens is 334 g/mol. The summed E-state index contributed by atoms with van der Waals surface area (Å²) in [7, 11) is 0. The molecule has 0 unspecified atom stereocenters. The van der Waals surface area contributed by atoms with Gasteiger partial charge in [0.2, 0.25) is 0 Å². The molecule has 0 aliphatic heterocycles. The summed E-state index contributed by atoms with van der Waals surface area (Å²) < 4.78 is 7.39. The number of anilines is 1. The highest BCUT2D eigenvalue weighted by atomic mass is 35.5. The van der Waals surface area contributed by atoms with Gasteiger partial charge in [-0.2, -0.15) is 0 Å². The normalized spacial score (nSPS) is 10.8. The largest absolute Gasteiger partial charge is 0.472 e. The van der Waals surface area contributed by atoms with Crippen molar-refractivity contribution in [2.45, 2.75) is 52.4 Å². The molecule has 5 heteroatoms. The SMILES string of the molecule is CCCCCCCCNc1c(-c2ccoc2)nc2ccc(C)cn12.Cl. The maximum Gasteiger partial charge on any atom is 0.139 e. The predicted molar refractivity (Wildman–Crippen MR) is 107 cm³/mol. The number of pyridine rings is 1. The lowest BCUT2D eigenvalue weighted by atomic mass is 10.1. The third-order valence-electron chi connectivity index (χ3n) is 4.38. The second-order valence-corrected chi connectivity index (χ2v) is 6.45. The van der Waals surface area contributed by atoms with Crippen LogP contribution in [0.2, 0.25) is 0 Å². The molecule has 3 rings (SSSR count). The van der Waals surface area contributed by atoms with Crippen molar-refractivity contribution in [2.75, 3.05) is 11.9 Å². The van der Waals surface area contributed by atoms with Gasteiger partial charge in [0.1, 0.15) is 17.2 Å². The Morgan fingerprint density at radius 2 is 1.88 bits per heavy atom. The van der Waals surface area contributed by atoms with E-state index in [0.29, 0.717) is 0 Å². The molecule has 0 bridgehead atoms. The quantitative estimate of drug-likeness (QED) is 0.468. The fraction of sp³-hybridized carbons (Fsp3) is 0.450. The average molecular weight is 362 g/mol. The van der Waals surface area contributed by atoms with Crippen LogP contribution in [0.5, 0.6) is 0 Å². The number of rotatable bonds is 9. The van der Waals surface area contributed by atoms with Gasteiger partial charge in [-0.3, -0.25) is 4.40 Å². The minimum Gasteiger partial charge on any atom is -0.472 e. The minimum absolute atomic E-state index is 0. The standard InChI is InChI=1S/C20H27N3O.ClH/c1-3-4-5-6-7-8-12-21-20-19(17-11-13-24-15-17)22-18-10-9-16(2)14-23(18)20;/h9-11,13-15,21H,3-8,12H2,1-2H3;1H. The van der Waals surface area contributed by atoms with Gasteiger partial charge in [-0.15, -0.1) is 12.4 Å². The number of hydrogen-bond acceptors (Lipinski definition) is 3. The number of aryl methyl sites for hydroxylation is 1. The maximum absolute atomic E-state index is 5.25. The zero-order valence-electron chi connectivity index (χ0n) is 15.1. The van der Waals surface area contributed by atoms with E-state index in [9.17, 15) is 0 Å². The third kappa shape index (κ3) is 4.79. The van der Waals surface area contributed by atoms with Crippen molar-refractivity contribution in [1.82, 2.24) is 9.38 Å². The zero-order chi connectivity index (χ0) is 16.8. The molecule has 1 N–H and O–H groups in total. The summed E-state index contributed by atoms with van der Waals surface area (Å²) in [6.45, 7) is 5.33. The Morgan fingerprint density at radius 3 is 2.64 bits per heavy atom. The molecule has 0 aromatic carbocycles. The fourth-order valence-corrected chi connectivity index (χ4v) is 3.03. The second-order valence-electron chi connectivity index (χ2n) is 6.45. The van der Waals surface area contributed by atoms with Crippen LogP contribution in [-0.2, 0) is 0 Å². The smallest absolute Gasteiger partial charge is 0.139 e. The first-order valence-corrected chi connectivity index (χ1v) is 9.04. The summed E-state index contributed by atoms with van der Waals surface area (Å²) >= 11 is 0. The summed E-state index contributed by atoms with van der Waals surface area (Å²) in [6.07, 6.45) is 13.4. The molecule has 0 saturated heterocycles. The summed E-state index contributed by atoms with van der Waals surface area (Å²) in [4.78, 5) is 4.78. The molecule has 0 aliphatic rings. The molecule has 3 heterocycles. The van der Waals surface area contributed by atoms with Crippen LogP contribution < -0.4 is 5.32 Å². The highest BCUT2D eigenvalue weighted by Gasteiger charge is 2.14. The van der Waals surface area contributed by atoms with E-state index in [-0.39, 0.29) is 12.4 Å². The first-order valence-electron chi connectivity index (χ1n) is 9.04. The van der Waals surface area contributed by atoms with Crippen molar-refractivity contribution in [2.24, 2.45) is 0 Å². The Hall–Kier alpha value is -1.94. The molecule has 0 atom stereocenters. The summed E-state index contributed by atoms with van der Waals surface area (Å²) in [5, 5.41) is 3.60. The molecule has 0 saturated carbocycles. The first-order chi connectivity index (χ1) is 11.8. The van der Waals surface area contributed by atoms with Crippen LogP contribution >= 0.6 is 12.4 Å². The number of furan rings is 1. The Morgan fingerprint density at radius 1 is 1.08 bits per heavy atom. The van der Waals surface area contributed by atoms with Gasteiger partial charge in [0.05, 0.1) is 12.5 Å². The Balaban J connectivity index is 0.00000225. The summed E-state index contributed by atoms with van der Waals surface area (Å²) in [6, 6.07) is 6.12. The Bertz CT molecular complexity index is 765. The number of imidazole rings is 1. The van der Waals surface area contributed by atoms with Crippen LogP contribution in [0.3, 0.4) is 0 Å². The van der Waals surface area contributed by atoms with Crippen molar-refractivity contribution in [3.05, 3.63) is 42.5 Å². The number of nitrogens with one attached hydrogen (secondary N) is 1. The second kappa shape index (κ2) is 9.52. The van der Waals surface area contributed by atoms with Gasteiger partial charge in [-0.25, -0.2) is 4.98 Å². The summed E-state index contributed by atoms with van der Waals surface area (Å²) in [5.41, 5.74) is 4.16. The number of hydrogen-bond donors (Lipinski definition) is 1. The molecular formula is C20H28ClN3O. The molecule has 0 spiro atoms. The number of nitrogens with zero attached hydrogens (tertiary/aromatic N) is 2. The molecule has 4 nitrogen and oxygen atoms in total. The number of aromatic nitrogens is 2. The van der Waals surface area contributed by atoms with Gasteiger partial charge >= 0.3 is 0 Å². The van der Waals surface area contributed by atoms with E-state index in [0.717, 1.165) is 29.3 Å².